The summed E-state index contributed by atoms with van der Waals surface area (Å²) >= 11 is 0. The molecule has 1 aromatic heterocycles. The van der Waals surface area contributed by atoms with Gasteiger partial charge in [-0.05, 0) is 30.5 Å². The van der Waals surface area contributed by atoms with E-state index >= 15 is 0 Å². The SMILES string of the molecule is Cc1ccc(N)c(NCCNc2cccc3ccccc23)n1. The fourth-order valence-corrected chi connectivity index (χ4v) is 2.47. The lowest BCUT2D eigenvalue weighted by Crippen LogP contribution is -2.15. The van der Waals surface area contributed by atoms with Gasteiger partial charge in [0.25, 0.3) is 0 Å². The molecule has 0 amide bonds. The molecule has 112 valence electrons. The summed E-state index contributed by atoms with van der Waals surface area (Å²) in [5.74, 6) is 0.750. The van der Waals surface area contributed by atoms with Crippen molar-refractivity contribution in [1.29, 1.82) is 0 Å². The summed E-state index contributed by atoms with van der Waals surface area (Å²) in [6.45, 7) is 3.51. The number of nitrogens with two attached hydrogens (primary N) is 1. The third kappa shape index (κ3) is 3.11. The third-order valence-corrected chi connectivity index (χ3v) is 3.59. The average molecular weight is 292 g/mol. The lowest BCUT2D eigenvalue weighted by Gasteiger charge is -2.12. The maximum absolute atomic E-state index is 5.91. The first-order valence-corrected chi connectivity index (χ1v) is 7.43. The number of pyridine rings is 1. The predicted octanol–water partition coefficient (Wildman–Crippen LogP) is 3.65. The smallest absolute Gasteiger partial charge is 0.149 e. The average Bonchev–Trinajstić information content (AvgIpc) is 2.54. The minimum absolute atomic E-state index is 0.677. The molecule has 0 bridgehead atoms. The van der Waals surface area contributed by atoms with Crippen LogP contribution in [0.2, 0.25) is 0 Å². The molecule has 0 unspecified atom stereocenters. The second-order valence-corrected chi connectivity index (χ2v) is 5.27. The van der Waals surface area contributed by atoms with Crippen molar-refractivity contribution < 1.29 is 0 Å². The van der Waals surface area contributed by atoms with E-state index in [1.54, 1.807) is 0 Å². The molecule has 4 N–H and O–H groups in total. The van der Waals surface area contributed by atoms with Gasteiger partial charge in [-0.25, -0.2) is 4.98 Å². The van der Waals surface area contributed by atoms with Crippen LogP contribution in [0.4, 0.5) is 17.2 Å². The van der Waals surface area contributed by atoms with Crippen LogP contribution in [0.1, 0.15) is 5.69 Å². The number of nitrogens with one attached hydrogen (secondary N) is 2. The van der Waals surface area contributed by atoms with E-state index in [1.807, 2.05) is 19.1 Å². The van der Waals surface area contributed by atoms with Crippen molar-refractivity contribution in [2.75, 3.05) is 29.5 Å². The van der Waals surface area contributed by atoms with Crippen LogP contribution in [-0.4, -0.2) is 18.1 Å². The summed E-state index contributed by atoms with van der Waals surface area (Å²) in [6, 6.07) is 18.4. The third-order valence-electron chi connectivity index (χ3n) is 3.59. The van der Waals surface area contributed by atoms with E-state index in [0.29, 0.717) is 5.69 Å². The molecule has 0 spiro atoms. The Morgan fingerprint density at radius 3 is 2.59 bits per heavy atom. The number of benzene rings is 2. The van der Waals surface area contributed by atoms with Gasteiger partial charge in [0.2, 0.25) is 0 Å². The second-order valence-electron chi connectivity index (χ2n) is 5.27. The maximum Gasteiger partial charge on any atom is 0.149 e. The molecule has 1 heterocycles. The van der Waals surface area contributed by atoms with Crippen molar-refractivity contribution in [3.05, 3.63) is 60.3 Å². The summed E-state index contributed by atoms with van der Waals surface area (Å²) in [5, 5.41) is 9.21. The van der Waals surface area contributed by atoms with Gasteiger partial charge in [-0.1, -0.05) is 36.4 Å². The summed E-state index contributed by atoms with van der Waals surface area (Å²) in [6.07, 6.45) is 0. The first kappa shape index (κ1) is 14.2. The lowest BCUT2D eigenvalue weighted by molar-refractivity contribution is 1.05. The van der Waals surface area contributed by atoms with Crippen LogP contribution in [-0.2, 0) is 0 Å². The number of anilines is 3. The largest absolute Gasteiger partial charge is 0.396 e. The van der Waals surface area contributed by atoms with Crippen molar-refractivity contribution >= 4 is 28.0 Å². The minimum Gasteiger partial charge on any atom is -0.396 e. The van der Waals surface area contributed by atoms with Gasteiger partial charge in [0, 0.05) is 29.9 Å². The molecule has 2 aromatic carbocycles. The Balaban J connectivity index is 1.62. The zero-order valence-electron chi connectivity index (χ0n) is 12.6. The number of nitrogen functional groups attached to an aromatic ring is 1. The van der Waals surface area contributed by atoms with E-state index in [1.165, 1.54) is 10.8 Å². The summed E-state index contributed by atoms with van der Waals surface area (Å²) in [5.41, 5.74) is 8.69. The predicted molar refractivity (Wildman–Crippen MR) is 94.3 cm³/mol. The van der Waals surface area contributed by atoms with E-state index in [-0.39, 0.29) is 0 Å². The molecule has 0 atom stereocenters. The lowest BCUT2D eigenvalue weighted by atomic mass is 10.1. The van der Waals surface area contributed by atoms with Crippen LogP contribution in [0, 0.1) is 6.92 Å². The molecule has 0 saturated carbocycles. The molecular formula is C18H20N4. The van der Waals surface area contributed by atoms with Crippen LogP contribution in [0.15, 0.2) is 54.6 Å². The van der Waals surface area contributed by atoms with Gasteiger partial charge in [0.1, 0.15) is 5.82 Å². The zero-order chi connectivity index (χ0) is 15.4. The Morgan fingerprint density at radius 1 is 0.909 bits per heavy atom. The normalized spacial score (nSPS) is 10.6. The Bertz CT molecular complexity index is 778. The van der Waals surface area contributed by atoms with Crippen LogP contribution in [0.5, 0.6) is 0 Å². The number of nitrogens with zero attached hydrogens (tertiary/aromatic N) is 1. The second kappa shape index (κ2) is 6.35. The molecule has 4 nitrogen and oxygen atoms in total. The molecule has 4 heteroatoms. The molecule has 0 saturated heterocycles. The number of hydrogen-bond donors (Lipinski definition) is 3. The molecule has 3 rings (SSSR count). The van der Waals surface area contributed by atoms with Crippen molar-refractivity contribution in [3.63, 3.8) is 0 Å². The first-order chi connectivity index (χ1) is 10.7. The topological polar surface area (TPSA) is 63.0 Å². The molecule has 22 heavy (non-hydrogen) atoms. The summed E-state index contributed by atoms with van der Waals surface area (Å²) in [7, 11) is 0. The van der Waals surface area contributed by atoms with Crippen LogP contribution >= 0.6 is 0 Å². The standard InChI is InChI=1S/C18H20N4/c1-13-9-10-16(19)18(22-13)21-12-11-20-17-8-4-6-14-5-2-3-7-15(14)17/h2-10,20H,11-12,19H2,1H3,(H,21,22). The Morgan fingerprint density at radius 2 is 1.68 bits per heavy atom. The van der Waals surface area contributed by atoms with Crippen molar-refractivity contribution in [1.82, 2.24) is 4.98 Å². The number of hydrogen-bond acceptors (Lipinski definition) is 4. The molecule has 0 aliphatic heterocycles. The summed E-state index contributed by atoms with van der Waals surface area (Å²) < 4.78 is 0. The fourth-order valence-electron chi connectivity index (χ4n) is 2.47. The molecule has 0 aliphatic rings. The van der Waals surface area contributed by atoms with Crippen LogP contribution in [0.3, 0.4) is 0 Å². The number of fused-ring (bicyclic) bond motifs is 1. The number of rotatable bonds is 5. The number of aryl methyl sites for hydroxylation is 1. The van der Waals surface area contributed by atoms with Gasteiger partial charge < -0.3 is 16.4 Å². The highest BCUT2D eigenvalue weighted by Crippen LogP contribution is 2.22. The van der Waals surface area contributed by atoms with Gasteiger partial charge in [-0.15, -0.1) is 0 Å². The van der Waals surface area contributed by atoms with E-state index in [9.17, 15) is 0 Å². The quantitative estimate of drug-likeness (QED) is 0.628. The van der Waals surface area contributed by atoms with Crippen molar-refractivity contribution in [3.8, 4) is 0 Å². The highest BCUT2D eigenvalue weighted by atomic mass is 15.0. The fraction of sp³-hybridized carbons (Fsp3) is 0.167. The molecular weight excluding hydrogens is 272 g/mol. The molecule has 0 aliphatic carbocycles. The molecule has 0 fully saturated rings. The Kier molecular flexibility index (Phi) is 4.10. The highest BCUT2D eigenvalue weighted by Gasteiger charge is 2.01. The van der Waals surface area contributed by atoms with E-state index in [2.05, 4.69) is 58.1 Å². The van der Waals surface area contributed by atoms with E-state index in [4.69, 9.17) is 5.73 Å². The monoisotopic (exact) mass is 292 g/mol. The van der Waals surface area contributed by atoms with Gasteiger partial charge in [0.05, 0.1) is 5.69 Å². The van der Waals surface area contributed by atoms with Gasteiger partial charge >= 0.3 is 0 Å². The minimum atomic E-state index is 0.677. The maximum atomic E-state index is 5.91. The van der Waals surface area contributed by atoms with Gasteiger partial charge in [0.15, 0.2) is 0 Å². The van der Waals surface area contributed by atoms with Crippen molar-refractivity contribution in [2.24, 2.45) is 0 Å². The van der Waals surface area contributed by atoms with Gasteiger partial charge in [-0.2, -0.15) is 0 Å². The Labute approximate surface area is 130 Å². The molecule has 3 aromatic rings. The van der Waals surface area contributed by atoms with Crippen LogP contribution in [0.25, 0.3) is 10.8 Å². The van der Waals surface area contributed by atoms with Crippen LogP contribution < -0.4 is 16.4 Å². The number of aromatic nitrogens is 1. The molecule has 0 radical (unpaired) electrons. The van der Waals surface area contributed by atoms with E-state index in [0.717, 1.165) is 30.3 Å². The van der Waals surface area contributed by atoms with E-state index < -0.39 is 0 Å². The highest BCUT2D eigenvalue weighted by molar-refractivity contribution is 5.93. The zero-order valence-corrected chi connectivity index (χ0v) is 12.6. The summed E-state index contributed by atoms with van der Waals surface area (Å²) in [4.78, 5) is 4.40. The van der Waals surface area contributed by atoms with Gasteiger partial charge in [-0.3, -0.25) is 0 Å². The Hall–Kier alpha value is -2.75. The van der Waals surface area contributed by atoms with Crippen molar-refractivity contribution in [2.45, 2.75) is 6.92 Å². The first-order valence-electron chi connectivity index (χ1n) is 7.43.